The normalized spacial score (nSPS) is 12.4. The van der Waals surface area contributed by atoms with Crippen LogP contribution in [0, 0.1) is 11.6 Å². The summed E-state index contributed by atoms with van der Waals surface area (Å²) >= 11 is 11.9. The molecule has 0 aliphatic rings. The molecule has 5 heteroatoms. The maximum atomic E-state index is 14.1. The van der Waals surface area contributed by atoms with Gasteiger partial charge >= 0.3 is 0 Å². The first-order valence-electron chi connectivity index (χ1n) is 6.66. The largest absolute Gasteiger partial charge is 0.306 e. The van der Waals surface area contributed by atoms with Gasteiger partial charge in [0, 0.05) is 5.56 Å². The summed E-state index contributed by atoms with van der Waals surface area (Å²) in [5.74, 6) is -1.71. The molecular weight excluding hydrogens is 315 g/mol. The van der Waals surface area contributed by atoms with Crippen LogP contribution in [-0.4, -0.2) is 6.54 Å². The second kappa shape index (κ2) is 7.21. The van der Waals surface area contributed by atoms with E-state index in [0.717, 1.165) is 18.1 Å². The Hall–Kier alpha value is -1.16. The minimum Gasteiger partial charge on any atom is -0.306 e. The van der Waals surface area contributed by atoms with Crippen LogP contribution in [0.4, 0.5) is 8.78 Å². The Labute approximate surface area is 132 Å². The fourth-order valence-corrected chi connectivity index (χ4v) is 2.44. The molecule has 1 atom stereocenters. The molecule has 0 aromatic heterocycles. The van der Waals surface area contributed by atoms with Crippen molar-refractivity contribution in [3.63, 3.8) is 0 Å². The highest BCUT2D eigenvalue weighted by Crippen LogP contribution is 2.30. The Morgan fingerprint density at radius 3 is 2.52 bits per heavy atom. The first-order valence-corrected chi connectivity index (χ1v) is 7.42. The van der Waals surface area contributed by atoms with Crippen molar-refractivity contribution in [3.8, 4) is 0 Å². The number of benzene rings is 2. The Morgan fingerprint density at radius 2 is 1.86 bits per heavy atom. The predicted molar refractivity (Wildman–Crippen MR) is 83.0 cm³/mol. The minimum absolute atomic E-state index is 0.252. The Kier molecular flexibility index (Phi) is 5.57. The fourth-order valence-electron chi connectivity index (χ4n) is 2.13. The molecule has 2 rings (SSSR count). The highest BCUT2D eigenvalue weighted by molar-refractivity contribution is 6.42. The molecule has 2 aromatic carbocycles. The van der Waals surface area contributed by atoms with E-state index in [2.05, 4.69) is 5.32 Å². The molecule has 0 aliphatic heterocycles. The number of halogens is 4. The van der Waals surface area contributed by atoms with Crippen LogP contribution in [0.25, 0.3) is 0 Å². The first kappa shape index (κ1) is 16.2. The van der Waals surface area contributed by atoms with Gasteiger partial charge in [-0.05, 0) is 36.7 Å². The van der Waals surface area contributed by atoms with E-state index in [9.17, 15) is 8.78 Å². The molecule has 1 unspecified atom stereocenters. The Morgan fingerprint density at radius 1 is 1.10 bits per heavy atom. The van der Waals surface area contributed by atoms with Crippen LogP contribution in [0.5, 0.6) is 0 Å². The molecule has 112 valence electrons. The van der Waals surface area contributed by atoms with E-state index >= 15 is 0 Å². The molecule has 0 bridgehead atoms. The fraction of sp³-hybridized carbons (Fsp3) is 0.250. The zero-order valence-electron chi connectivity index (χ0n) is 11.5. The molecule has 0 amide bonds. The van der Waals surface area contributed by atoms with Crippen molar-refractivity contribution >= 4 is 23.2 Å². The van der Waals surface area contributed by atoms with E-state index in [-0.39, 0.29) is 5.56 Å². The third-order valence-corrected chi connectivity index (χ3v) is 3.91. The van der Waals surface area contributed by atoms with Crippen LogP contribution in [0.2, 0.25) is 10.0 Å². The van der Waals surface area contributed by atoms with Crippen LogP contribution < -0.4 is 5.32 Å². The van der Waals surface area contributed by atoms with Crippen LogP contribution in [0.3, 0.4) is 0 Å². The summed E-state index contributed by atoms with van der Waals surface area (Å²) in [6.07, 6.45) is 0.870. The topological polar surface area (TPSA) is 12.0 Å². The highest BCUT2D eigenvalue weighted by atomic mass is 35.5. The molecular formula is C16H15Cl2F2N. The maximum absolute atomic E-state index is 14.1. The number of hydrogen-bond donors (Lipinski definition) is 1. The van der Waals surface area contributed by atoms with Crippen LogP contribution >= 0.6 is 23.2 Å². The molecule has 1 N–H and O–H groups in total. The van der Waals surface area contributed by atoms with Gasteiger partial charge in [0.05, 0.1) is 16.1 Å². The summed E-state index contributed by atoms with van der Waals surface area (Å²) in [5, 5.41) is 4.02. The molecule has 21 heavy (non-hydrogen) atoms. The summed E-state index contributed by atoms with van der Waals surface area (Å²) < 4.78 is 27.5. The van der Waals surface area contributed by atoms with E-state index in [0.29, 0.717) is 16.6 Å². The van der Waals surface area contributed by atoms with Crippen molar-refractivity contribution in [2.75, 3.05) is 6.54 Å². The smallest absolute Gasteiger partial charge is 0.163 e. The lowest BCUT2D eigenvalue weighted by atomic mass is 9.98. The quantitative estimate of drug-likeness (QED) is 0.778. The summed E-state index contributed by atoms with van der Waals surface area (Å²) in [5.41, 5.74) is 0.990. The molecule has 0 heterocycles. The van der Waals surface area contributed by atoms with Crippen molar-refractivity contribution in [3.05, 3.63) is 69.2 Å². The predicted octanol–water partition coefficient (Wildman–Crippen LogP) is 5.36. The van der Waals surface area contributed by atoms with Crippen molar-refractivity contribution in [2.45, 2.75) is 19.4 Å². The molecule has 0 spiro atoms. The highest BCUT2D eigenvalue weighted by Gasteiger charge is 2.20. The third-order valence-electron chi connectivity index (χ3n) is 3.17. The van der Waals surface area contributed by atoms with Crippen molar-refractivity contribution in [1.82, 2.24) is 5.32 Å². The van der Waals surface area contributed by atoms with Crippen LogP contribution in [0.15, 0.2) is 36.4 Å². The Bertz CT molecular complexity index is 632. The summed E-state index contributed by atoms with van der Waals surface area (Å²) in [4.78, 5) is 0. The molecule has 2 aromatic rings. The van der Waals surface area contributed by atoms with Crippen molar-refractivity contribution in [1.29, 1.82) is 0 Å². The molecule has 0 saturated carbocycles. The number of rotatable bonds is 5. The molecule has 0 saturated heterocycles. The van der Waals surface area contributed by atoms with Crippen LogP contribution in [-0.2, 0) is 0 Å². The zero-order chi connectivity index (χ0) is 15.4. The summed E-state index contributed by atoms with van der Waals surface area (Å²) in [6, 6.07) is 8.75. The first-order chi connectivity index (χ1) is 10.0. The maximum Gasteiger partial charge on any atom is 0.163 e. The van der Waals surface area contributed by atoms with Gasteiger partial charge in [0.25, 0.3) is 0 Å². The lowest BCUT2D eigenvalue weighted by Gasteiger charge is -2.21. The van der Waals surface area contributed by atoms with Gasteiger partial charge in [-0.3, -0.25) is 0 Å². The van der Waals surface area contributed by atoms with E-state index < -0.39 is 17.7 Å². The standard InChI is InChI=1S/C16H15Cl2F2N/c1-2-8-21-16(10-6-7-12(17)13(18)9-10)11-4-3-5-14(19)15(11)20/h3-7,9,16,21H,2,8H2,1H3. The van der Waals surface area contributed by atoms with E-state index in [1.54, 1.807) is 24.3 Å². The van der Waals surface area contributed by atoms with Crippen molar-refractivity contribution in [2.24, 2.45) is 0 Å². The molecule has 0 fully saturated rings. The second-order valence-corrected chi connectivity index (χ2v) is 5.52. The van der Waals surface area contributed by atoms with E-state index in [1.807, 2.05) is 6.92 Å². The van der Waals surface area contributed by atoms with Gasteiger partial charge in [-0.15, -0.1) is 0 Å². The van der Waals surface area contributed by atoms with Gasteiger partial charge in [0.15, 0.2) is 11.6 Å². The van der Waals surface area contributed by atoms with Crippen molar-refractivity contribution < 1.29 is 8.78 Å². The van der Waals surface area contributed by atoms with E-state index in [1.165, 1.54) is 6.07 Å². The minimum atomic E-state index is -0.865. The molecule has 1 nitrogen and oxygen atoms in total. The van der Waals surface area contributed by atoms with E-state index in [4.69, 9.17) is 23.2 Å². The second-order valence-electron chi connectivity index (χ2n) is 4.70. The molecule has 0 radical (unpaired) electrons. The van der Waals surface area contributed by atoms with Gasteiger partial charge < -0.3 is 5.32 Å². The lowest BCUT2D eigenvalue weighted by Crippen LogP contribution is -2.24. The molecule has 0 aliphatic carbocycles. The van der Waals surface area contributed by atoms with Gasteiger partial charge in [0.2, 0.25) is 0 Å². The zero-order valence-corrected chi connectivity index (χ0v) is 13.0. The summed E-state index contributed by atoms with van der Waals surface area (Å²) in [7, 11) is 0. The third kappa shape index (κ3) is 3.73. The van der Waals surface area contributed by atoms with Crippen LogP contribution in [0.1, 0.15) is 30.5 Å². The Balaban J connectivity index is 2.47. The number of nitrogens with one attached hydrogen (secondary N) is 1. The van der Waals surface area contributed by atoms with Gasteiger partial charge in [-0.25, -0.2) is 8.78 Å². The SMILES string of the molecule is CCCNC(c1ccc(Cl)c(Cl)c1)c1cccc(F)c1F. The average molecular weight is 330 g/mol. The van der Waals surface area contributed by atoms with Gasteiger partial charge in [0.1, 0.15) is 0 Å². The number of hydrogen-bond acceptors (Lipinski definition) is 1. The average Bonchev–Trinajstić information content (AvgIpc) is 2.47. The van der Waals surface area contributed by atoms with Gasteiger partial charge in [-0.1, -0.05) is 48.3 Å². The lowest BCUT2D eigenvalue weighted by molar-refractivity contribution is 0.480. The van der Waals surface area contributed by atoms with Gasteiger partial charge in [-0.2, -0.15) is 0 Å². The summed E-state index contributed by atoms with van der Waals surface area (Å²) in [6.45, 7) is 2.67. The monoisotopic (exact) mass is 329 g/mol.